The molecule has 0 aliphatic heterocycles. The van der Waals surface area contributed by atoms with Crippen molar-refractivity contribution in [1.82, 2.24) is 14.5 Å². The first-order chi connectivity index (χ1) is 8.78. The van der Waals surface area contributed by atoms with Gasteiger partial charge in [-0.2, -0.15) is 0 Å². The van der Waals surface area contributed by atoms with Crippen molar-refractivity contribution in [1.29, 1.82) is 0 Å². The Kier molecular flexibility index (Phi) is 2.76. The first kappa shape index (κ1) is 11.2. The van der Waals surface area contributed by atoms with E-state index in [9.17, 15) is 0 Å². The minimum absolute atomic E-state index is 0.812. The van der Waals surface area contributed by atoms with E-state index in [0.717, 1.165) is 27.1 Å². The van der Waals surface area contributed by atoms with Gasteiger partial charge in [-0.3, -0.25) is 4.57 Å². The van der Waals surface area contributed by atoms with Gasteiger partial charge in [-0.15, -0.1) is 0 Å². The number of fused-ring (bicyclic) bond motifs is 1. The second-order valence-corrected chi connectivity index (χ2v) is 4.73. The number of nitrogens with zero attached hydrogens (tertiary/aromatic N) is 3. The molecule has 18 heavy (non-hydrogen) atoms. The molecule has 0 bridgehead atoms. The molecule has 0 radical (unpaired) electrons. The Bertz CT molecular complexity index is 708. The van der Waals surface area contributed by atoms with Gasteiger partial charge in [0.15, 0.2) is 5.65 Å². The fourth-order valence-corrected chi connectivity index (χ4v) is 2.15. The maximum absolute atomic E-state index is 5.22. The van der Waals surface area contributed by atoms with Crippen molar-refractivity contribution < 1.29 is 4.74 Å². The second-order valence-electron chi connectivity index (χ2n) is 3.81. The van der Waals surface area contributed by atoms with E-state index in [2.05, 4.69) is 25.9 Å². The summed E-state index contributed by atoms with van der Waals surface area (Å²) in [5, 5.41) is 0. The Labute approximate surface area is 112 Å². The molecule has 0 fully saturated rings. The van der Waals surface area contributed by atoms with Gasteiger partial charge in [0, 0.05) is 16.7 Å². The summed E-state index contributed by atoms with van der Waals surface area (Å²) in [4.78, 5) is 8.73. The summed E-state index contributed by atoms with van der Waals surface area (Å²) in [5.41, 5.74) is 2.66. The third-order valence-electron chi connectivity index (χ3n) is 2.69. The fraction of sp³-hybridized carbons (Fsp3) is 0.0769. The van der Waals surface area contributed by atoms with E-state index in [1.54, 1.807) is 19.6 Å². The number of ether oxygens (including phenoxy) is 1. The first-order valence-corrected chi connectivity index (χ1v) is 6.20. The zero-order valence-corrected chi connectivity index (χ0v) is 11.3. The second kappa shape index (κ2) is 4.42. The summed E-state index contributed by atoms with van der Waals surface area (Å²) >= 11 is 3.39. The van der Waals surface area contributed by atoms with E-state index >= 15 is 0 Å². The molecule has 0 unspecified atom stereocenters. The number of hydrogen-bond acceptors (Lipinski definition) is 3. The molecule has 0 saturated carbocycles. The minimum Gasteiger partial charge on any atom is -0.497 e. The topological polar surface area (TPSA) is 39.9 Å². The molecule has 0 spiro atoms. The third-order valence-corrected chi connectivity index (χ3v) is 3.12. The maximum atomic E-state index is 5.22. The lowest BCUT2D eigenvalue weighted by Gasteiger charge is -2.05. The average molecular weight is 304 g/mol. The van der Waals surface area contributed by atoms with Gasteiger partial charge in [0.1, 0.15) is 17.6 Å². The number of halogens is 1. The van der Waals surface area contributed by atoms with Crippen molar-refractivity contribution in [3.8, 4) is 11.4 Å². The van der Waals surface area contributed by atoms with Crippen molar-refractivity contribution in [2.24, 2.45) is 0 Å². The lowest BCUT2D eigenvalue weighted by Crippen LogP contribution is -1.94. The largest absolute Gasteiger partial charge is 0.497 e. The zero-order valence-electron chi connectivity index (χ0n) is 9.67. The van der Waals surface area contributed by atoms with Gasteiger partial charge in [0.25, 0.3) is 0 Å². The molecule has 3 rings (SSSR count). The molecule has 3 aromatic rings. The predicted octanol–water partition coefficient (Wildman–Crippen LogP) is 3.19. The molecule has 0 N–H and O–H groups in total. The molecule has 2 heterocycles. The smallest absolute Gasteiger partial charge is 0.164 e. The molecule has 0 atom stereocenters. The van der Waals surface area contributed by atoms with Crippen LogP contribution < -0.4 is 4.74 Å². The van der Waals surface area contributed by atoms with Gasteiger partial charge in [0.05, 0.1) is 12.8 Å². The molecule has 0 aliphatic rings. The fourth-order valence-electron chi connectivity index (χ4n) is 1.83. The van der Waals surface area contributed by atoms with Crippen molar-refractivity contribution in [2.45, 2.75) is 0 Å². The standard InChI is InChI=1S/C13H10BrN3O/c1-18-11-4-2-3-10(6-11)17-8-16-12-5-9(14)7-15-13(12)17/h2-8H,1H3. The Morgan fingerprint density at radius 1 is 1.22 bits per heavy atom. The van der Waals surface area contributed by atoms with Gasteiger partial charge in [0.2, 0.25) is 0 Å². The highest BCUT2D eigenvalue weighted by Gasteiger charge is 2.06. The average Bonchev–Trinajstić information content (AvgIpc) is 2.81. The van der Waals surface area contributed by atoms with Crippen LogP contribution in [0.4, 0.5) is 0 Å². The van der Waals surface area contributed by atoms with E-state index in [-0.39, 0.29) is 0 Å². The van der Waals surface area contributed by atoms with Crippen molar-refractivity contribution in [3.63, 3.8) is 0 Å². The van der Waals surface area contributed by atoms with E-state index in [1.807, 2.05) is 34.9 Å². The minimum atomic E-state index is 0.812. The van der Waals surface area contributed by atoms with Gasteiger partial charge in [-0.1, -0.05) is 6.07 Å². The van der Waals surface area contributed by atoms with Gasteiger partial charge >= 0.3 is 0 Å². The molecule has 5 heteroatoms. The molecule has 4 nitrogen and oxygen atoms in total. The SMILES string of the molecule is COc1cccc(-n2cnc3cc(Br)cnc32)c1. The highest BCUT2D eigenvalue weighted by molar-refractivity contribution is 9.10. The summed E-state index contributed by atoms with van der Waals surface area (Å²) in [6.45, 7) is 0. The highest BCUT2D eigenvalue weighted by atomic mass is 79.9. The predicted molar refractivity (Wildman–Crippen MR) is 73.1 cm³/mol. The lowest BCUT2D eigenvalue weighted by molar-refractivity contribution is 0.414. The number of methoxy groups -OCH3 is 1. The van der Waals surface area contributed by atoms with Gasteiger partial charge in [-0.25, -0.2) is 9.97 Å². The molecule has 2 aromatic heterocycles. The highest BCUT2D eigenvalue weighted by Crippen LogP contribution is 2.21. The quantitative estimate of drug-likeness (QED) is 0.730. The first-order valence-electron chi connectivity index (χ1n) is 5.41. The number of imidazole rings is 1. The van der Waals surface area contributed by atoms with Crippen LogP contribution in [0.2, 0.25) is 0 Å². The van der Waals surface area contributed by atoms with Crippen LogP contribution in [0.3, 0.4) is 0 Å². The van der Waals surface area contributed by atoms with Crippen molar-refractivity contribution in [3.05, 3.63) is 47.3 Å². The van der Waals surface area contributed by atoms with Gasteiger partial charge < -0.3 is 4.74 Å². The number of pyridine rings is 1. The van der Waals surface area contributed by atoms with E-state index in [0.29, 0.717) is 0 Å². The molecular weight excluding hydrogens is 294 g/mol. The monoisotopic (exact) mass is 303 g/mol. The summed E-state index contributed by atoms with van der Waals surface area (Å²) in [6.07, 6.45) is 3.53. The number of aromatic nitrogens is 3. The number of rotatable bonds is 2. The van der Waals surface area contributed by atoms with Crippen LogP contribution in [0.25, 0.3) is 16.9 Å². The van der Waals surface area contributed by atoms with Gasteiger partial charge in [-0.05, 0) is 34.1 Å². The molecule has 90 valence electrons. The van der Waals surface area contributed by atoms with E-state index in [4.69, 9.17) is 4.74 Å². The molecule has 1 aromatic carbocycles. The van der Waals surface area contributed by atoms with Crippen molar-refractivity contribution >= 4 is 27.1 Å². The van der Waals surface area contributed by atoms with Crippen LogP contribution in [0, 0.1) is 0 Å². The summed E-state index contributed by atoms with van der Waals surface area (Å²) in [6, 6.07) is 9.74. The number of benzene rings is 1. The maximum Gasteiger partial charge on any atom is 0.164 e. The summed E-state index contributed by atoms with van der Waals surface area (Å²) in [7, 11) is 1.65. The molecule has 0 saturated heterocycles. The Morgan fingerprint density at radius 3 is 2.94 bits per heavy atom. The number of hydrogen-bond donors (Lipinski definition) is 0. The molecule has 0 aliphatic carbocycles. The normalized spacial score (nSPS) is 10.8. The lowest BCUT2D eigenvalue weighted by atomic mass is 10.3. The van der Waals surface area contributed by atoms with E-state index < -0.39 is 0 Å². The van der Waals surface area contributed by atoms with Crippen LogP contribution in [-0.2, 0) is 0 Å². The van der Waals surface area contributed by atoms with Crippen LogP contribution in [0.1, 0.15) is 0 Å². The summed E-state index contributed by atoms with van der Waals surface area (Å²) in [5.74, 6) is 0.812. The Balaban J connectivity index is 2.19. The van der Waals surface area contributed by atoms with Crippen molar-refractivity contribution in [2.75, 3.05) is 7.11 Å². The van der Waals surface area contributed by atoms with Crippen LogP contribution in [0.5, 0.6) is 5.75 Å². The molecule has 0 amide bonds. The zero-order chi connectivity index (χ0) is 12.5. The summed E-state index contributed by atoms with van der Waals surface area (Å²) < 4.78 is 8.08. The molecular formula is C13H10BrN3O. The Morgan fingerprint density at radius 2 is 2.11 bits per heavy atom. The van der Waals surface area contributed by atoms with Crippen LogP contribution >= 0.6 is 15.9 Å². The Hall–Kier alpha value is -1.88. The van der Waals surface area contributed by atoms with E-state index in [1.165, 1.54) is 0 Å². The van der Waals surface area contributed by atoms with Crippen LogP contribution in [-0.4, -0.2) is 21.6 Å². The van der Waals surface area contributed by atoms with Crippen LogP contribution in [0.15, 0.2) is 47.3 Å². The third kappa shape index (κ3) is 1.86.